The first-order valence-corrected chi connectivity index (χ1v) is 11.8. The van der Waals surface area contributed by atoms with E-state index in [0.29, 0.717) is 32.2 Å². The van der Waals surface area contributed by atoms with Crippen molar-refractivity contribution in [3.05, 3.63) is 65.7 Å². The van der Waals surface area contributed by atoms with Crippen LogP contribution in [0.15, 0.2) is 59.5 Å². The number of carbonyl (C=O) groups is 1. The minimum Gasteiger partial charge on any atom is -0.339 e. The molecule has 1 N–H and O–H groups in total. The van der Waals surface area contributed by atoms with Crippen LogP contribution in [0.5, 0.6) is 0 Å². The number of sulfonamides is 1. The fourth-order valence-electron chi connectivity index (χ4n) is 3.68. The maximum Gasteiger partial charge on any atom is 0.417 e. The molecule has 0 spiro atoms. The van der Waals surface area contributed by atoms with Gasteiger partial charge in [-0.2, -0.15) is 17.9 Å². The zero-order valence-corrected chi connectivity index (χ0v) is 18.5. The maximum absolute atomic E-state index is 13.2. The number of carbonyl (C=O) groups excluding carboxylic acids is 1. The summed E-state index contributed by atoms with van der Waals surface area (Å²) in [6.45, 7) is 4.35. The van der Waals surface area contributed by atoms with Crippen molar-refractivity contribution in [2.45, 2.75) is 30.5 Å². The molecule has 32 heavy (non-hydrogen) atoms. The van der Waals surface area contributed by atoms with E-state index in [1.54, 1.807) is 4.90 Å². The Kier molecular flexibility index (Phi) is 7.58. The third-order valence-corrected chi connectivity index (χ3v) is 7.03. The number of alkyl halides is 3. The van der Waals surface area contributed by atoms with Crippen molar-refractivity contribution in [1.82, 2.24) is 14.5 Å². The number of piperazine rings is 1. The van der Waals surface area contributed by atoms with Crippen LogP contribution in [0, 0.1) is 0 Å². The fraction of sp³-hybridized carbons (Fsp3) is 0.409. The van der Waals surface area contributed by atoms with Crippen LogP contribution >= 0.6 is 0 Å². The largest absolute Gasteiger partial charge is 0.417 e. The van der Waals surface area contributed by atoms with Crippen LogP contribution in [-0.2, 0) is 27.4 Å². The summed E-state index contributed by atoms with van der Waals surface area (Å²) >= 11 is 0. The van der Waals surface area contributed by atoms with Gasteiger partial charge in [0.15, 0.2) is 0 Å². The average molecular weight is 470 g/mol. The molecule has 1 atom stereocenters. The summed E-state index contributed by atoms with van der Waals surface area (Å²) in [4.78, 5) is 15.6. The quantitative estimate of drug-likeness (QED) is 0.677. The number of halogens is 3. The van der Waals surface area contributed by atoms with Crippen LogP contribution in [0.4, 0.5) is 13.2 Å². The molecule has 0 unspecified atom stereocenters. The van der Waals surface area contributed by atoms with E-state index in [9.17, 15) is 26.4 Å². The molecular weight excluding hydrogens is 443 g/mol. The lowest BCUT2D eigenvalue weighted by Crippen LogP contribution is -2.54. The summed E-state index contributed by atoms with van der Waals surface area (Å²) in [5.41, 5.74) is -0.0349. The Morgan fingerprint density at radius 2 is 1.59 bits per heavy atom. The first-order valence-electron chi connectivity index (χ1n) is 10.3. The van der Waals surface area contributed by atoms with Crippen molar-refractivity contribution in [3.63, 3.8) is 0 Å². The molecule has 0 aliphatic carbocycles. The van der Waals surface area contributed by atoms with Gasteiger partial charge in [0.05, 0.1) is 16.5 Å². The molecule has 1 aliphatic heterocycles. The molecule has 3 rings (SSSR count). The highest BCUT2D eigenvalue weighted by atomic mass is 32.2. The molecule has 10 heteroatoms. The third kappa shape index (κ3) is 6.08. The normalized spacial score (nSPS) is 16.7. The van der Waals surface area contributed by atoms with Crippen LogP contribution in [-0.4, -0.2) is 62.9 Å². The molecule has 1 fully saturated rings. The van der Waals surface area contributed by atoms with Crippen LogP contribution in [0.2, 0.25) is 0 Å². The molecule has 1 amide bonds. The molecule has 1 aliphatic rings. The Hall–Kier alpha value is -2.43. The monoisotopic (exact) mass is 469 g/mol. The predicted molar refractivity (Wildman–Crippen MR) is 114 cm³/mol. The van der Waals surface area contributed by atoms with Gasteiger partial charge >= 0.3 is 6.18 Å². The van der Waals surface area contributed by atoms with Crippen LogP contribution in [0.3, 0.4) is 0 Å². The summed E-state index contributed by atoms with van der Waals surface area (Å²) in [6, 6.07) is 12.8. The first kappa shape index (κ1) is 24.2. The fourth-order valence-corrected chi connectivity index (χ4v) is 5.10. The topological polar surface area (TPSA) is 69.7 Å². The van der Waals surface area contributed by atoms with Gasteiger partial charge in [-0.15, -0.1) is 0 Å². The lowest BCUT2D eigenvalue weighted by atomic mass is 10.1. The zero-order valence-electron chi connectivity index (χ0n) is 17.7. The van der Waals surface area contributed by atoms with Gasteiger partial charge in [0.2, 0.25) is 15.9 Å². The van der Waals surface area contributed by atoms with Crippen molar-refractivity contribution in [3.8, 4) is 0 Å². The van der Waals surface area contributed by atoms with Gasteiger partial charge in [-0.25, -0.2) is 8.42 Å². The second kappa shape index (κ2) is 10.0. The second-order valence-corrected chi connectivity index (χ2v) is 9.42. The molecular formula is C22H26F3N3O3S. The van der Waals surface area contributed by atoms with Gasteiger partial charge in [0, 0.05) is 32.7 Å². The summed E-state index contributed by atoms with van der Waals surface area (Å²) in [5.74, 6) is -0.458. The van der Waals surface area contributed by atoms with E-state index in [4.69, 9.17) is 0 Å². The number of hydrogen-bond acceptors (Lipinski definition) is 4. The van der Waals surface area contributed by atoms with Crippen LogP contribution in [0.1, 0.15) is 18.1 Å². The lowest BCUT2D eigenvalue weighted by molar-refractivity contribution is -0.139. The third-order valence-electron chi connectivity index (χ3n) is 5.43. The van der Waals surface area contributed by atoms with Crippen molar-refractivity contribution in [1.29, 1.82) is 0 Å². The van der Waals surface area contributed by atoms with Crippen molar-refractivity contribution in [2.75, 3.05) is 32.7 Å². The van der Waals surface area contributed by atoms with Gasteiger partial charge in [-0.1, -0.05) is 42.5 Å². The Morgan fingerprint density at radius 3 is 2.22 bits per heavy atom. The van der Waals surface area contributed by atoms with Crippen molar-refractivity contribution >= 4 is 15.9 Å². The molecule has 0 bridgehead atoms. The Morgan fingerprint density at radius 1 is 1.00 bits per heavy atom. The Labute approximate surface area is 186 Å². The molecule has 0 aromatic heterocycles. The molecule has 0 saturated carbocycles. The van der Waals surface area contributed by atoms with Crippen LogP contribution < -0.4 is 4.72 Å². The lowest BCUT2D eigenvalue weighted by Gasteiger charge is -2.36. The summed E-state index contributed by atoms with van der Waals surface area (Å²) in [5, 5.41) is 0. The van der Waals surface area contributed by atoms with Crippen LogP contribution in [0.25, 0.3) is 0 Å². The molecule has 2 aromatic rings. The van der Waals surface area contributed by atoms with Gasteiger partial charge in [-0.05, 0) is 31.0 Å². The van der Waals surface area contributed by atoms with Gasteiger partial charge < -0.3 is 4.90 Å². The second-order valence-electron chi connectivity index (χ2n) is 7.74. The zero-order chi connectivity index (χ0) is 23.4. The SMILES string of the molecule is C[C@H](NS(=O)(=O)c1ccccc1C(F)(F)F)C(=O)N1CCN(CCc2ccccc2)CC1. The highest BCUT2D eigenvalue weighted by Gasteiger charge is 2.38. The average Bonchev–Trinajstić information content (AvgIpc) is 2.77. The summed E-state index contributed by atoms with van der Waals surface area (Å²) in [7, 11) is -4.53. The number of nitrogens with one attached hydrogen (secondary N) is 1. The van der Waals surface area contributed by atoms with Crippen molar-refractivity contribution < 1.29 is 26.4 Å². The van der Waals surface area contributed by atoms with Gasteiger partial charge in [0.1, 0.15) is 0 Å². The van der Waals surface area contributed by atoms with E-state index in [0.717, 1.165) is 25.1 Å². The maximum atomic E-state index is 13.2. The Bertz CT molecular complexity index is 1020. The number of hydrogen-bond donors (Lipinski definition) is 1. The number of amides is 1. The predicted octanol–water partition coefficient (Wildman–Crippen LogP) is 2.76. The van der Waals surface area contributed by atoms with Gasteiger partial charge in [0.25, 0.3) is 0 Å². The minimum atomic E-state index is -4.82. The smallest absolute Gasteiger partial charge is 0.339 e. The van der Waals surface area contributed by atoms with E-state index < -0.39 is 38.6 Å². The minimum absolute atomic E-state index is 0.429. The van der Waals surface area contributed by atoms with E-state index in [2.05, 4.69) is 21.8 Å². The van der Waals surface area contributed by atoms with Gasteiger partial charge in [-0.3, -0.25) is 9.69 Å². The molecule has 2 aromatic carbocycles. The van der Waals surface area contributed by atoms with E-state index in [1.807, 2.05) is 18.2 Å². The molecule has 174 valence electrons. The molecule has 6 nitrogen and oxygen atoms in total. The number of rotatable bonds is 7. The summed E-state index contributed by atoms with van der Waals surface area (Å²) < 4.78 is 66.9. The summed E-state index contributed by atoms with van der Waals surface area (Å²) in [6.07, 6.45) is -3.93. The number of benzene rings is 2. The highest BCUT2D eigenvalue weighted by molar-refractivity contribution is 7.89. The van der Waals surface area contributed by atoms with E-state index >= 15 is 0 Å². The number of nitrogens with zero attached hydrogens (tertiary/aromatic N) is 2. The molecule has 0 radical (unpaired) electrons. The Balaban J connectivity index is 1.56. The van der Waals surface area contributed by atoms with E-state index in [1.165, 1.54) is 18.6 Å². The standard InChI is InChI=1S/C22H26F3N3O3S/c1-17(26-32(30,31)20-10-6-5-9-19(20)22(23,24)25)21(29)28-15-13-27(14-16-28)12-11-18-7-3-2-4-8-18/h2-10,17,26H,11-16H2,1H3/t17-/m0/s1. The highest BCUT2D eigenvalue weighted by Crippen LogP contribution is 2.33. The first-order chi connectivity index (χ1) is 15.1. The molecule has 1 saturated heterocycles. The van der Waals surface area contributed by atoms with E-state index in [-0.39, 0.29) is 0 Å². The molecule has 1 heterocycles. The van der Waals surface area contributed by atoms with Crippen molar-refractivity contribution in [2.24, 2.45) is 0 Å².